The number of rotatable bonds is 5. The van der Waals surface area contributed by atoms with Gasteiger partial charge in [0.05, 0.1) is 6.20 Å². The van der Waals surface area contributed by atoms with Crippen LogP contribution in [0.2, 0.25) is 0 Å². The summed E-state index contributed by atoms with van der Waals surface area (Å²) in [6.07, 6.45) is 2.35. The minimum absolute atomic E-state index is 0.171. The lowest BCUT2D eigenvalue weighted by Gasteiger charge is -2.12. The molecule has 0 spiro atoms. The predicted octanol–water partition coefficient (Wildman–Crippen LogP) is 4.63. The SMILES string of the molecule is Cc1nc2c(C(=O)NCc3ccccc3)cnn2c(C)c1Cc1cccc(Br)c1. The Labute approximate surface area is 177 Å². The van der Waals surface area contributed by atoms with Crippen molar-refractivity contribution in [3.63, 3.8) is 0 Å². The fourth-order valence-corrected chi connectivity index (χ4v) is 3.90. The Balaban J connectivity index is 1.62. The lowest BCUT2D eigenvalue weighted by molar-refractivity contribution is 0.0952. The fraction of sp³-hybridized carbons (Fsp3) is 0.174. The van der Waals surface area contributed by atoms with Crippen LogP contribution in [0.5, 0.6) is 0 Å². The van der Waals surface area contributed by atoms with Crippen molar-refractivity contribution in [2.24, 2.45) is 0 Å². The molecule has 4 aromatic rings. The summed E-state index contributed by atoms with van der Waals surface area (Å²) in [4.78, 5) is 17.4. The molecule has 0 radical (unpaired) electrons. The van der Waals surface area contributed by atoms with Gasteiger partial charge in [0.1, 0.15) is 5.56 Å². The van der Waals surface area contributed by atoms with E-state index in [4.69, 9.17) is 4.98 Å². The van der Waals surface area contributed by atoms with Crippen LogP contribution in [0.25, 0.3) is 5.65 Å². The predicted molar refractivity (Wildman–Crippen MR) is 117 cm³/mol. The van der Waals surface area contributed by atoms with Gasteiger partial charge >= 0.3 is 0 Å². The number of hydrogen-bond acceptors (Lipinski definition) is 3. The van der Waals surface area contributed by atoms with Crippen molar-refractivity contribution in [1.82, 2.24) is 19.9 Å². The molecule has 0 unspecified atom stereocenters. The van der Waals surface area contributed by atoms with E-state index in [1.54, 1.807) is 10.7 Å². The zero-order valence-electron chi connectivity index (χ0n) is 16.3. The monoisotopic (exact) mass is 448 g/mol. The van der Waals surface area contributed by atoms with E-state index >= 15 is 0 Å². The van der Waals surface area contributed by atoms with Gasteiger partial charge in [-0.15, -0.1) is 0 Å². The van der Waals surface area contributed by atoms with Crippen LogP contribution in [0.15, 0.2) is 65.3 Å². The maximum Gasteiger partial charge on any atom is 0.257 e. The van der Waals surface area contributed by atoms with Crippen LogP contribution in [-0.2, 0) is 13.0 Å². The van der Waals surface area contributed by atoms with E-state index in [1.165, 1.54) is 5.56 Å². The van der Waals surface area contributed by atoms with Gasteiger partial charge in [0.25, 0.3) is 5.91 Å². The van der Waals surface area contributed by atoms with E-state index in [9.17, 15) is 4.79 Å². The van der Waals surface area contributed by atoms with Crippen molar-refractivity contribution in [2.75, 3.05) is 0 Å². The highest BCUT2D eigenvalue weighted by atomic mass is 79.9. The van der Waals surface area contributed by atoms with Crippen LogP contribution in [0, 0.1) is 13.8 Å². The van der Waals surface area contributed by atoms with Gasteiger partial charge in [0.2, 0.25) is 0 Å². The highest BCUT2D eigenvalue weighted by molar-refractivity contribution is 9.10. The highest BCUT2D eigenvalue weighted by Gasteiger charge is 2.18. The molecule has 0 saturated heterocycles. The highest BCUT2D eigenvalue weighted by Crippen LogP contribution is 2.22. The average Bonchev–Trinajstić information content (AvgIpc) is 3.14. The van der Waals surface area contributed by atoms with E-state index in [-0.39, 0.29) is 5.91 Å². The van der Waals surface area contributed by atoms with Gasteiger partial charge in [0.15, 0.2) is 5.65 Å². The first kappa shape index (κ1) is 19.3. The number of carbonyl (C=O) groups is 1. The zero-order valence-corrected chi connectivity index (χ0v) is 17.9. The molecule has 1 N–H and O–H groups in total. The van der Waals surface area contributed by atoms with Crippen molar-refractivity contribution >= 4 is 27.5 Å². The molecule has 0 fully saturated rings. The first-order valence-corrected chi connectivity index (χ1v) is 10.2. The Morgan fingerprint density at radius 1 is 1.07 bits per heavy atom. The molecule has 4 rings (SSSR count). The third-order valence-corrected chi connectivity index (χ3v) is 5.51. The van der Waals surface area contributed by atoms with Crippen LogP contribution >= 0.6 is 15.9 Å². The van der Waals surface area contributed by atoms with Gasteiger partial charge < -0.3 is 5.32 Å². The first-order valence-electron chi connectivity index (χ1n) is 9.43. The van der Waals surface area contributed by atoms with Crippen molar-refractivity contribution in [2.45, 2.75) is 26.8 Å². The van der Waals surface area contributed by atoms with Crippen molar-refractivity contribution in [3.8, 4) is 0 Å². The molecular weight excluding hydrogens is 428 g/mol. The normalized spacial score (nSPS) is 11.0. The van der Waals surface area contributed by atoms with E-state index in [1.807, 2.05) is 56.3 Å². The van der Waals surface area contributed by atoms with Gasteiger partial charge in [-0.1, -0.05) is 58.4 Å². The lowest BCUT2D eigenvalue weighted by atomic mass is 10.0. The fourth-order valence-electron chi connectivity index (χ4n) is 3.45. The van der Waals surface area contributed by atoms with Gasteiger partial charge in [-0.25, -0.2) is 9.50 Å². The molecular formula is C23H21BrN4O. The summed E-state index contributed by atoms with van der Waals surface area (Å²) in [6, 6.07) is 18.1. The van der Waals surface area contributed by atoms with Crippen molar-refractivity contribution in [3.05, 3.63) is 98.9 Å². The summed E-state index contributed by atoms with van der Waals surface area (Å²) in [6.45, 7) is 4.47. The summed E-state index contributed by atoms with van der Waals surface area (Å²) < 4.78 is 2.81. The second-order valence-corrected chi connectivity index (χ2v) is 7.95. The van der Waals surface area contributed by atoms with Gasteiger partial charge in [-0.05, 0) is 42.7 Å². The van der Waals surface area contributed by atoms with Crippen LogP contribution in [-0.4, -0.2) is 20.5 Å². The molecule has 0 atom stereocenters. The molecule has 0 aliphatic rings. The minimum Gasteiger partial charge on any atom is -0.348 e. The molecule has 29 heavy (non-hydrogen) atoms. The molecule has 0 aliphatic heterocycles. The van der Waals surface area contributed by atoms with Gasteiger partial charge in [-0.3, -0.25) is 4.79 Å². The third kappa shape index (κ3) is 4.07. The van der Waals surface area contributed by atoms with Crippen LogP contribution in [0.3, 0.4) is 0 Å². The summed E-state index contributed by atoms with van der Waals surface area (Å²) in [5.41, 5.74) is 6.34. The number of aromatic nitrogens is 3. The Morgan fingerprint density at radius 2 is 1.83 bits per heavy atom. The standard InChI is InChI=1S/C23H21BrN4O/c1-15-20(12-18-9-6-10-19(24)11-18)16(2)28-22(27-15)21(14-26-28)23(29)25-13-17-7-4-3-5-8-17/h3-11,14H,12-13H2,1-2H3,(H,25,29). The summed E-state index contributed by atoms with van der Waals surface area (Å²) in [5.74, 6) is -0.171. The molecule has 6 heteroatoms. The van der Waals surface area contributed by atoms with Crippen molar-refractivity contribution in [1.29, 1.82) is 0 Å². The molecule has 0 aliphatic carbocycles. The van der Waals surface area contributed by atoms with E-state index in [0.29, 0.717) is 17.8 Å². The Morgan fingerprint density at radius 3 is 2.59 bits per heavy atom. The average molecular weight is 449 g/mol. The quantitative estimate of drug-likeness (QED) is 0.484. The number of aryl methyl sites for hydroxylation is 2. The van der Waals surface area contributed by atoms with E-state index in [2.05, 4.69) is 38.5 Å². The largest absolute Gasteiger partial charge is 0.348 e. The Hall–Kier alpha value is -2.99. The third-order valence-electron chi connectivity index (χ3n) is 5.02. The summed E-state index contributed by atoms with van der Waals surface area (Å²) in [5, 5.41) is 7.39. The molecule has 5 nitrogen and oxygen atoms in total. The van der Waals surface area contributed by atoms with Gasteiger partial charge in [0, 0.05) is 28.8 Å². The van der Waals surface area contributed by atoms with E-state index < -0.39 is 0 Å². The molecule has 2 heterocycles. The van der Waals surface area contributed by atoms with Crippen LogP contribution in [0.4, 0.5) is 0 Å². The number of halogens is 1. The van der Waals surface area contributed by atoms with E-state index in [0.717, 1.165) is 33.4 Å². The van der Waals surface area contributed by atoms with Crippen LogP contribution < -0.4 is 5.32 Å². The number of carbonyl (C=O) groups excluding carboxylic acids is 1. The second-order valence-electron chi connectivity index (χ2n) is 7.03. The van der Waals surface area contributed by atoms with Gasteiger partial charge in [-0.2, -0.15) is 5.10 Å². The molecule has 2 aromatic carbocycles. The topological polar surface area (TPSA) is 59.3 Å². The molecule has 2 aromatic heterocycles. The molecule has 0 saturated carbocycles. The Kier molecular flexibility index (Phi) is 5.45. The molecule has 0 bridgehead atoms. The Bertz CT molecular complexity index is 1180. The summed E-state index contributed by atoms with van der Waals surface area (Å²) >= 11 is 3.53. The number of benzene rings is 2. The van der Waals surface area contributed by atoms with Crippen molar-refractivity contribution < 1.29 is 4.79 Å². The lowest BCUT2D eigenvalue weighted by Crippen LogP contribution is -2.23. The number of amides is 1. The van der Waals surface area contributed by atoms with Crippen LogP contribution in [0.1, 0.15) is 38.4 Å². The number of hydrogen-bond donors (Lipinski definition) is 1. The summed E-state index contributed by atoms with van der Waals surface area (Å²) in [7, 11) is 0. The number of fused-ring (bicyclic) bond motifs is 1. The second kappa shape index (κ2) is 8.17. The molecule has 1 amide bonds. The molecule has 146 valence electrons. The first-order chi connectivity index (χ1) is 14.0. The maximum absolute atomic E-state index is 12.7. The number of nitrogens with one attached hydrogen (secondary N) is 1. The smallest absolute Gasteiger partial charge is 0.257 e. The minimum atomic E-state index is -0.171. The number of nitrogens with zero attached hydrogens (tertiary/aromatic N) is 3. The maximum atomic E-state index is 12.7. The zero-order chi connectivity index (χ0) is 20.4.